The molecule has 0 bridgehead atoms. The summed E-state index contributed by atoms with van der Waals surface area (Å²) in [6, 6.07) is 11.7. The number of ether oxygens (including phenoxy) is 1. The summed E-state index contributed by atoms with van der Waals surface area (Å²) < 4.78 is 33.2. The standard InChI is InChI=1S/C18H24N4O3S.ClH/c1-25-18-6-3-2-5-16(18)21-26(23,24)14-7-8-17(15(19)13-14)22-11-4-9-20-10-12-22;/h2-3,5-8,13,20-21H,4,9-12,19H2,1H3;1H. The van der Waals surface area contributed by atoms with Crippen LogP contribution in [0, 0.1) is 0 Å². The fourth-order valence-corrected chi connectivity index (χ4v) is 4.11. The first-order valence-corrected chi connectivity index (χ1v) is 10.0. The normalized spacial score (nSPS) is 14.8. The molecule has 2 aromatic rings. The summed E-state index contributed by atoms with van der Waals surface area (Å²) in [6.07, 6.45) is 1.02. The lowest BCUT2D eigenvalue weighted by molar-refractivity contribution is 0.417. The van der Waals surface area contributed by atoms with Gasteiger partial charge in [-0.3, -0.25) is 4.72 Å². The van der Waals surface area contributed by atoms with E-state index in [4.69, 9.17) is 10.5 Å². The Kier molecular flexibility index (Phi) is 7.18. The molecule has 2 aromatic carbocycles. The Labute approximate surface area is 166 Å². The maximum Gasteiger partial charge on any atom is 0.262 e. The Balaban J connectivity index is 0.00000261. The average molecular weight is 413 g/mol. The maximum atomic E-state index is 12.7. The Hall–Kier alpha value is -2.16. The van der Waals surface area contributed by atoms with E-state index in [9.17, 15) is 8.42 Å². The zero-order chi connectivity index (χ0) is 18.6. The summed E-state index contributed by atoms with van der Waals surface area (Å²) in [5, 5.41) is 3.34. The predicted molar refractivity (Wildman–Crippen MR) is 112 cm³/mol. The molecular formula is C18H25ClN4O3S. The first-order chi connectivity index (χ1) is 12.5. The van der Waals surface area contributed by atoms with Crippen LogP contribution < -0.4 is 25.4 Å². The number of benzene rings is 2. The Bertz CT molecular complexity index is 869. The van der Waals surface area contributed by atoms with E-state index in [1.54, 1.807) is 36.4 Å². The predicted octanol–water partition coefficient (Wildman–Crippen LogP) is 2.30. The summed E-state index contributed by atoms with van der Waals surface area (Å²) in [7, 11) is -2.27. The summed E-state index contributed by atoms with van der Waals surface area (Å²) >= 11 is 0. The monoisotopic (exact) mass is 412 g/mol. The van der Waals surface area contributed by atoms with Crippen LogP contribution >= 0.6 is 12.4 Å². The van der Waals surface area contributed by atoms with Crippen molar-refractivity contribution in [3.63, 3.8) is 0 Å². The van der Waals surface area contributed by atoms with Crippen molar-refractivity contribution in [2.24, 2.45) is 0 Å². The number of nitrogens with two attached hydrogens (primary N) is 1. The second kappa shape index (κ2) is 9.16. The van der Waals surface area contributed by atoms with Crippen molar-refractivity contribution < 1.29 is 13.2 Å². The maximum absolute atomic E-state index is 12.7. The second-order valence-corrected chi connectivity index (χ2v) is 7.80. The minimum atomic E-state index is -3.76. The van der Waals surface area contributed by atoms with Crippen LogP contribution in [-0.2, 0) is 10.0 Å². The van der Waals surface area contributed by atoms with Crippen LogP contribution in [0.15, 0.2) is 47.4 Å². The van der Waals surface area contributed by atoms with Crippen LogP contribution in [-0.4, -0.2) is 41.7 Å². The first-order valence-electron chi connectivity index (χ1n) is 8.52. The van der Waals surface area contributed by atoms with Gasteiger partial charge in [0.25, 0.3) is 10.0 Å². The zero-order valence-electron chi connectivity index (χ0n) is 15.1. The molecule has 0 radical (unpaired) electrons. The van der Waals surface area contributed by atoms with Crippen LogP contribution in [0.2, 0.25) is 0 Å². The van der Waals surface area contributed by atoms with Crippen molar-refractivity contribution >= 4 is 39.5 Å². The van der Waals surface area contributed by atoms with Crippen molar-refractivity contribution in [1.29, 1.82) is 0 Å². The molecule has 1 aliphatic rings. The third kappa shape index (κ3) is 4.97. The van der Waals surface area contributed by atoms with Crippen molar-refractivity contribution in [3.05, 3.63) is 42.5 Å². The number of halogens is 1. The van der Waals surface area contributed by atoms with Gasteiger partial charge in [-0.05, 0) is 43.3 Å². The summed E-state index contributed by atoms with van der Waals surface area (Å²) in [5.41, 5.74) is 7.88. The van der Waals surface area contributed by atoms with Gasteiger partial charge in [-0.1, -0.05) is 12.1 Å². The number of para-hydroxylation sites is 2. The van der Waals surface area contributed by atoms with Crippen molar-refractivity contribution in [1.82, 2.24) is 5.32 Å². The highest BCUT2D eigenvalue weighted by Crippen LogP contribution is 2.30. The van der Waals surface area contributed by atoms with Gasteiger partial charge >= 0.3 is 0 Å². The van der Waals surface area contributed by atoms with Gasteiger partial charge in [0.1, 0.15) is 5.75 Å². The number of anilines is 3. The third-order valence-electron chi connectivity index (χ3n) is 4.34. The number of nitrogen functional groups attached to an aromatic ring is 1. The lowest BCUT2D eigenvalue weighted by atomic mass is 10.2. The molecule has 0 aromatic heterocycles. The average Bonchev–Trinajstić information content (AvgIpc) is 2.91. The van der Waals surface area contributed by atoms with Crippen LogP contribution in [0.1, 0.15) is 6.42 Å². The lowest BCUT2D eigenvalue weighted by Gasteiger charge is -2.24. The van der Waals surface area contributed by atoms with Gasteiger partial charge in [-0.15, -0.1) is 12.4 Å². The quantitative estimate of drug-likeness (QED) is 0.652. The van der Waals surface area contributed by atoms with E-state index in [1.165, 1.54) is 13.2 Å². The highest BCUT2D eigenvalue weighted by Gasteiger charge is 2.19. The number of hydrogen-bond acceptors (Lipinski definition) is 6. The van der Waals surface area contributed by atoms with E-state index in [2.05, 4.69) is 14.9 Å². The minimum absolute atomic E-state index is 0. The molecule has 0 aliphatic carbocycles. The number of hydrogen-bond donors (Lipinski definition) is 3. The number of nitrogens with zero attached hydrogens (tertiary/aromatic N) is 1. The molecule has 9 heteroatoms. The van der Waals surface area contributed by atoms with Crippen LogP contribution in [0.4, 0.5) is 17.1 Å². The van der Waals surface area contributed by atoms with Gasteiger partial charge in [0, 0.05) is 19.6 Å². The van der Waals surface area contributed by atoms with E-state index in [-0.39, 0.29) is 17.3 Å². The SMILES string of the molecule is COc1ccccc1NS(=O)(=O)c1ccc(N2CCCNCC2)c(N)c1.Cl. The topological polar surface area (TPSA) is 96.7 Å². The number of sulfonamides is 1. The third-order valence-corrected chi connectivity index (χ3v) is 5.70. The highest BCUT2D eigenvalue weighted by molar-refractivity contribution is 7.92. The van der Waals surface area contributed by atoms with Crippen LogP contribution in [0.25, 0.3) is 0 Å². The van der Waals surface area contributed by atoms with Gasteiger partial charge in [0.15, 0.2) is 0 Å². The van der Waals surface area contributed by atoms with Crippen molar-refractivity contribution in [2.45, 2.75) is 11.3 Å². The number of methoxy groups -OCH3 is 1. The highest BCUT2D eigenvalue weighted by atomic mass is 35.5. The molecule has 148 valence electrons. The molecule has 3 rings (SSSR count). The fourth-order valence-electron chi connectivity index (χ4n) is 3.01. The van der Waals surface area contributed by atoms with Gasteiger partial charge in [0.2, 0.25) is 0 Å². The Morgan fingerprint density at radius 2 is 1.93 bits per heavy atom. The smallest absolute Gasteiger partial charge is 0.262 e. The van der Waals surface area contributed by atoms with Gasteiger partial charge < -0.3 is 20.7 Å². The molecule has 1 aliphatic heterocycles. The lowest BCUT2D eigenvalue weighted by Crippen LogP contribution is -2.28. The summed E-state index contributed by atoms with van der Waals surface area (Å²) in [4.78, 5) is 2.30. The molecule has 4 N–H and O–H groups in total. The van der Waals surface area contributed by atoms with E-state index >= 15 is 0 Å². The molecule has 1 heterocycles. The summed E-state index contributed by atoms with van der Waals surface area (Å²) in [5.74, 6) is 0.456. The molecule has 0 saturated carbocycles. The molecule has 1 fully saturated rings. The van der Waals surface area contributed by atoms with E-state index in [0.29, 0.717) is 17.1 Å². The van der Waals surface area contributed by atoms with Gasteiger partial charge in [0.05, 0.1) is 29.1 Å². The van der Waals surface area contributed by atoms with Crippen molar-refractivity contribution in [3.8, 4) is 5.75 Å². The largest absolute Gasteiger partial charge is 0.495 e. The second-order valence-electron chi connectivity index (χ2n) is 6.12. The Morgan fingerprint density at radius 1 is 1.15 bits per heavy atom. The van der Waals surface area contributed by atoms with E-state index < -0.39 is 10.0 Å². The fraction of sp³-hybridized carbons (Fsp3) is 0.333. The first kappa shape index (κ1) is 21.1. The summed E-state index contributed by atoms with van der Waals surface area (Å²) in [6.45, 7) is 3.60. The number of rotatable bonds is 5. The molecule has 7 nitrogen and oxygen atoms in total. The Morgan fingerprint density at radius 3 is 2.67 bits per heavy atom. The minimum Gasteiger partial charge on any atom is -0.495 e. The van der Waals surface area contributed by atoms with Gasteiger partial charge in [-0.25, -0.2) is 8.42 Å². The number of nitrogens with one attached hydrogen (secondary N) is 2. The molecular weight excluding hydrogens is 388 g/mol. The van der Waals surface area contributed by atoms with Gasteiger partial charge in [-0.2, -0.15) is 0 Å². The molecule has 0 spiro atoms. The zero-order valence-corrected chi connectivity index (χ0v) is 16.8. The molecule has 0 unspecified atom stereocenters. The van der Waals surface area contributed by atoms with E-state index in [1.807, 2.05) is 0 Å². The van der Waals surface area contributed by atoms with E-state index in [0.717, 1.165) is 38.3 Å². The van der Waals surface area contributed by atoms with Crippen LogP contribution in [0.3, 0.4) is 0 Å². The molecule has 27 heavy (non-hydrogen) atoms. The molecule has 0 atom stereocenters. The molecule has 0 amide bonds. The van der Waals surface area contributed by atoms with Crippen LogP contribution in [0.5, 0.6) is 5.75 Å². The van der Waals surface area contributed by atoms with Crippen molar-refractivity contribution in [2.75, 3.05) is 48.6 Å². The molecule has 1 saturated heterocycles.